The van der Waals surface area contributed by atoms with E-state index in [1.54, 1.807) is 0 Å². The SMILES string of the molecule is OB(O)O.[SiH3]c1ccccc1. The molecule has 5 heteroatoms. The minimum Gasteiger partial charge on any atom is -0.402 e. The van der Waals surface area contributed by atoms with Gasteiger partial charge >= 0.3 is 7.32 Å². The molecule has 60 valence electrons. The summed E-state index contributed by atoms with van der Waals surface area (Å²) in [7, 11) is -0.993. The van der Waals surface area contributed by atoms with Gasteiger partial charge in [-0.3, -0.25) is 0 Å². The number of hydrogen-bond donors (Lipinski definition) is 3. The van der Waals surface area contributed by atoms with E-state index >= 15 is 0 Å². The van der Waals surface area contributed by atoms with Crippen molar-refractivity contribution in [2.45, 2.75) is 0 Å². The highest BCUT2D eigenvalue weighted by Crippen LogP contribution is 1.76. The van der Waals surface area contributed by atoms with Gasteiger partial charge in [0.05, 0.1) is 0 Å². The van der Waals surface area contributed by atoms with Crippen molar-refractivity contribution in [2.24, 2.45) is 0 Å². The predicted molar refractivity (Wildman–Crippen MR) is 48.4 cm³/mol. The van der Waals surface area contributed by atoms with Gasteiger partial charge in [-0.2, -0.15) is 0 Å². The van der Waals surface area contributed by atoms with Crippen LogP contribution >= 0.6 is 0 Å². The van der Waals surface area contributed by atoms with Gasteiger partial charge in [0.25, 0.3) is 0 Å². The predicted octanol–water partition coefficient (Wildman–Crippen LogP) is -2.37. The zero-order valence-electron chi connectivity index (χ0n) is 6.31. The smallest absolute Gasteiger partial charge is 0.402 e. The van der Waals surface area contributed by atoms with Crippen LogP contribution in [0, 0.1) is 0 Å². The third-order valence-electron chi connectivity index (χ3n) is 0.940. The molecule has 0 aliphatic rings. The Bertz CT molecular complexity index is 178. The summed E-state index contributed by atoms with van der Waals surface area (Å²) in [5.74, 6) is 0. The standard InChI is InChI=1S/C6H8Si.BH3O3/c7-6-4-2-1-3-5-6;2-1(3)4/h1-5H,7H3;2-4H. The molecule has 11 heavy (non-hydrogen) atoms. The van der Waals surface area contributed by atoms with Crippen LogP contribution in [0.5, 0.6) is 0 Å². The topological polar surface area (TPSA) is 60.7 Å². The van der Waals surface area contributed by atoms with Crippen molar-refractivity contribution in [1.82, 2.24) is 0 Å². The van der Waals surface area contributed by atoms with Gasteiger partial charge in [0.2, 0.25) is 0 Å². The van der Waals surface area contributed by atoms with Crippen molar-refractivity contribution in [3.05, 3.63) is 30.3 Å². The van der Waals surface area contributed by atoms with Gasteiger partial charge in [0.1, 0.15) is 0 Å². The third-order valence-corrected chi connectivity index (χ3v) is 1.61. The molecular weight excluding hydrogens is 159 g/mol. The van der Waals surface area contributed by atoms with Crippen molar-refractivity contribution < 1.29 is 15.1 Å². The summed E-state index contributed by atoms with van der Waals surface area (Å²) in [6.07, 6.45) is 0. The van der Waals surface area contributed by atoms with E-state index in [4.69, 9.17) is 15.1 Å². The van der Waals surface area contributed by atoms with E-state index in [-0.39, 0.29) is 0 Å². The van der Waals surface area contributed by atoms with E-state index < -0.39 is 7.32 Å². The average Bonchev–Trinajstić information content (AvgIpc) is 1.87. The molecule has 1 aromatic rings. The van der Waals surface area contributed by atoms with E-state index in [0.717, 1.165) is 0 Å². The lowest BCUT2D eigenvalue weighted by atomic mass is 10.3. The maximum atomic E-state index is 7.17. The van der Waals surface area contributed by atoms with Gasteiger partial charge in [-0.25, -0.2) is 0 Å². The lowest BCUT2D eigenvalue weighted by Crippen LogP contribution is -2.07. The summed E-state index contributed by atoms with van der Waals surface area (Å²) < 4.78 is 0. The van der Waals surface area contributed by atoms with Gasteiger partial charge in [-0.05, 0) is 0 Å². The quantitative estimate of drug-likeness (QED) is 0.381. The molecule has 3 N–H and O–H groups in total. The Morgan fingerprint density at radius 3 is 1.55 bits per heavy atom. The molecule has 3 nitrogen and oxygen atoms in total. The second-order valence-corrected chi connectivity index (χ2v) is 3.16. The largest absolute Gasteiger partial charge is 0.631 e. The summed E-state index contributed by atoms with van der Waals surface area (Å²) in [6, 6.07) is 10.5. The zero-order chi connectivity index (χ0) is 8.69. The number of hydrogen-bond acceptors (Lipinski definition) is 3. The molecule has 0 spiro atoms. The monoisotopic (exact) mass is 170 g/mol. The Kier molecular flexibility index (Phi) is 5.77. The average molecular weight is 170 g/mol. The Labute approximate surface area is 68.9 Å². The Hall–Kier alpha value is -0.618. The second kappa shape index (κ2) is 6.12. The summed E-state index contributed by atoms with van der Waals surface area (Å²) in [5.41, 5.74) is 0. The molecule has 0 fully saturated rings. The molecule has 0 heterocycles. The first-order valence-electron chi connectivity index (χ1n) is 3.19. The first kappa shape index (κ1) is 10.4. The maximum absolute atomic E-state index is 7.17. The highest BCUT2D eigenvalue weighted by Gasteiger charge is 1.92. The van der Waals surface area contributed by atoms with E-state index in [0.29, 0.717) is 0 Å². The lowest BCUT2D eigenvalue weighted by molar-refractivity contribution is 0.278. The summed E-state index contributed by atoms with van der Waals surface area (Å²) in [6.45, 7) is 0. The molecule has 0 saturated carbocycles. The molecule has 0 saturated heterocycles. The van der Waals surface area contributed by atoms with Crippen molar-refractivity contribution in [3.63, 3.8) is 0 Å². The van der Waals surface area contributed by atoms with Crippen molar-refractivity contribution in [1.29, 1.82) is 0 Å². The molecule has 1 rings (SSSR count). The van der Waals surface area contributed by atoms with Crippen LogP contribution in [0.4, 0.5) is 0 Å². The fourth-order valence-electron chi connectivity index (χ4n) is 0.534. The highest BCUT2D eigenvalue weighted by molar-refractivity contribution is 6.32. The van der Waals surface area contributed by atoms with Crippen LogP contribution in [0.15, 0.2) is 30.3 Å². The van der Waals surface area contributed by atoms with Gasteiger partial charge in [-0.1, -0.05) is 35.5 Å². The van der Waals surface area contributed by atoms with E-state index in [1.807, 2.05) is 6.07 Å². The molecular formula is C6H11BO3Si. The molecule has 0 radical (unpaired) electrons. The van der Waals surface area contributed by atoms with Crippen LogP contribution in [0.2, 0.25) is 0 Å². The third kappa shape index (κ3) is 9.38. The molecule has 0 unspecified atom stereocenters. The van der Waals surface area contributed by atoms with Gasteiger partial charge in [-0.15, -0.1) is 0 Å². The lowest BCUT2D eigenvalue weighted by Gasteiger charge is -1.82. The number of benzene rings is 1. The molecule has 0 amide bonds. The second-order valence-electron chi connectivity index (χ2n) is 2.00. The minimum absolute atomic E-state index is 1.17. The van der Waals surface area contributed by atoms with E-state index in [1.165, 1.54) is 15.4 Å². The summed E-state index contributed by atoms with van der Waals surface area (Å²) >= 11 is 0. The molecule has 0 bridgehead atoms. The highest BCUT2D eigenvalue weighted by atomic mass is 28.1. The molecule has 0 atom stereocenters. The van der Waals surface area contributed by atoms with Gasteiger partial charge in [0, 0.05) is 10.2 Å². The fraction of sp³-hybridized carbons (Fsp3) is 0. The minimum atomic E-state index is -2.17. The van der Waals surface area contributed by atoms with Crippen LogP contribution in [0.25, 0.3) is 0 Å². The summed E-state index contributed by atoms with van der Waals surface area (Å²) in [4.78, 5) is 0. The summed E-state index contributed by atoms with van der Waals surface area (Å²) in [5, 5.41) is 23.0. The van der Waals surface area contributed by atoms with Crippen molar-refractivity contribution >= 4 is 22.8 Å². The molecule has 0 aromatic heterocycles. The Balaban J connectivity index is 0.000000218. The van der Waals surface area contributed by atoms with Gasteiger partial charge < -0.3 is 15.1 Å². The normalized spacial score (nSPS) is 8.27. The molecule has 0 aliphatic heterocycles. The first-order chi connectivity index (χ1) is 5.13. The first-order valence-corrected chi connectivity index (χ1v) is 4.19. The number of rotatable bonds is 0. The Morgan fingerprint density at radius 2 is 1.36 bits per heavy atom. The van der Waals surface area contributed by atoms with E-state index in [9.17, 15) is 0 Å². The molecule has 1 aromatic carbocycles. The van der Waals surface area contributed by atoms with E-state index in [2.05, 4.69) is 24.3 Å². The van der Waals surface area contributed by atoms with Crippen LogP contribution in [-0.4, -0.2) is 32.6 Å². The van der Waals surface area contributed by atoms with Crippen LogP contribution in [-0.2, 0) is 0 Å². The maximum Gasteiger partial charge on any atom is 0.631 e. The van der Waals surface area contributed by atoms with Crippen LogP contribution in [0.3, 0.4) is 0 Å². The van der Waals surface area contributed by atoms with Crippen LogP contribution < -0.4 is 5.19 Å². The van der Waals surface area contributed by atoms with Crippen molar-refractivity contribution in [2.75, 3.05) is 0 Å². The molecule has 0 aliphatic carbocycles. The zero-order valence-corrected chi connectivity index (χ0v) is 8.31. The van der Waals surface area contributed by atoms with Crippen LogP contribution in [0.1, 0.15) is 0 Å². The fourth-order valence-corrected chi connectivity index (χ4v) is 0.919. The van der Waals surface area contributed by atoms with Crippen molar-refractivity contribution in [3.8, 4) is 0 Å². The Morgan fingerprint density at radius 1 is 1.00 bits per heavy atom. The van der Waals surface area contributed by atoms with Gasteiger partial charge in [0.15, 0.2) is 0 Å².